The molecule has 6 nitrogen and oxygen atoms in total. The third-order valence-electron chi connectivity index (χ3n) is 6.55. The summed E-state index contributed by atoms with van der Waals surface area (Å²) in [6.45, 7) is 5.90. The number of hydrogen-bond donors (Lipinski definition) is 0. The van der Waals surface area contributed by atoms with Gasteiger partial charge in [-0.2, -0.15) is 0 Å². The molecule has 0 radical (unpaired) electrons. The maximum atomic E-state index is 14.5. The molecule has 0 N–H and O–H groups in total. The molecule has 2 aromatic carbocycles. The Hall–Kier alpha value is -4.13. The van der Waals surface area contributed by atoms with Gasteiger partial charge < -0.3 is 18.9 Å². The lowest BCUT2D eigenvalue weighted by molar-refractivity contribution is -0.136. The van der Waals surface area contributed by atoms with Gasteiger partial charge in [0.05, 0.1) is 31.1 Å². The number of nitrogens with zero attached hydrogens (tertiary/aromatic N) is 2. The van der Waals surface area contributed by atoms with Gasteiger partial charge in [-0.25, -0.2) is 9.18 Å². The van der Waals surface area contributed by atoms with Crippen molar-refractivity contribution >= 4 is 18.0 Å². The lowest BCUT2D eigenvalue weighted by Crippen LogP contribution is -2.27. The number of carbonyl (C=O) groups is 2. The molecule has 0 aliphatic carbocycles. The molecular formula is C29H29FN2O4. The Bertz CT molecular complexity index is 1380. The fourth-order valence-corrected chi connectivity index (χ4v) is 4.62. The predicted molar refractivity (Wildman–Crippen MR) is 136 cm³/mol. The number of aromatic nitrogens is 1. The number of esters is 1. The topological polar surface area (TPSA) is 60.8 Å². The highest BCUT2D eigenvalue weighted by atomic mass is 19.1. The number of para-hydroxylation sites is 1. The largest absolute Gasteiger partial charge is 0.497 e. The Morgan fingerprint density at radius 3 is 2.36 bits per heavy atom. The molecule has 0 saturated heterocycles. The van der Waals surface area contributed by atoms with E-state index < -0.39 is 5.97 Å². The molecule has 0 atom stereocenters. The minimum atomic E-state index is -0.568. The Kier molecular flexibility index (Phi) is 7.10. The van der Waals surface area contributed by atoms with Crippen LogP contribution in [0.25, 0.3) is 11.8 Å². The quantitative estimate of drug-likeness (QED) is 0.341. The SMILES string of the molecule is COC(=O)C1=C(C)N(CCc2ccc(OC)cc2)C(=O)C1=Cc1cc(C)n(-c2ccccc2F)c1C. The number of halogens is 1. The molecule has 1 amide bonds. The van der Waals surface area contributed by atoms with Crippen molar-refractivity contribution in [2.45, 2.75) is 27.2 Å². The molecule has 0 bridgehead atoms. The minimum absolute atomic E-state index is 0.243. The molecule has 1 aliphatic heterocycles. The van der Waals surface area contributed by atoms with Crippen LogP contribution in [0.2, 0.25) is 0 Å². The minimum Gasteiger partial charge on any atom is -0.497 e. The van der Waals surface area contributed by atoms with Crippen LogP contribution in [0, 0.1) is 19.7 Å². The van der Waals surface area contributed by atoms with E-state index in [4.69, 9.17) is 9.47 Å². The first-order valence-electron chi connectivity index (χ1n) is 11.7. The average Bonchev–Trinajstić information content (AvgIpc) is 3.29. The Labute approximate surface area is 210 Å². The van der Waals surface area contributed by atoms with E-state index in [0.717, 1.165) is 28.3 Å². The highest BCUT2D eigenvalue weighted by Gasteiger charge is 2.37. The number of methoxy groups -OCH3 is 2. The fraction of sp³-hybridized carbons (Fsp3) is 0.241. The van der Waals surface area contributed by atoms with Crippen LogP contribution in [-0.4, -0.2) is 42.1 Å². The van der Waals surface area contributed by atoms with E-state index in [1.54, 1.807) is 47.8 Å². The first-order valence-corrected chi connectivity index (χ1v) is 11.7. The summed E-state index contributed by atoms with van der Waals surface area (Å²) in [6.07, 6.45) is 2.31. The van der Waals surface area contributed by atoms with Crippen LogP contribution in [-0.2, 0) is 20.7 Å². The van der Waals surface area contributed by atoms with Crippen LogP contribution in [0.1, 0.15) is 29.4 Å². The smallest absolute Gasteiger partial charge is 0.340 e. The first-order chi connectivity index (χ1) is 17.3. The summed E-state index contributed by atoms with van der Waals surface area (Å²) in [4.78, 5) is 27.8. The highest BCUT2D eigenvalue weighted by Crippen LogP contribution is 2.33. The van der Waals surface area contributed by atoms with Gasteiger partial charge in [-0.15, -0.1) is 0 Å². The summed E-state index contributed by atoms with van der Waals surface area (Å²) in [7, 11) is 2.91. The lowest BCUT2D eigenvalue weighted by Gasteiger charge is -2.18. The zero-order valence-electron chi connectivity index (χ0n) is 21.1. The molecule has 4 rings (SSSR count). The van der Waals surface area contributed by atoms with E-state index >= 15 is 0 Å². The maximum absolute atomic E-state index is 14.5. The van der Waals surface area contributed by atoms with Crippen molar-refractivity contribution < 1.29 is 23.5 Å². The van der Waals surface area contributed by atoms with E-state index in [2.05, 4.69) is 0 Å². The lowest BCUT2D eigenvalue weighted by atomic mass is 10.0. The number of aryl methyl sites for hydroxylation is 1. The van der Waals surface area contributed by atoms with E-state index in [0.29, 0.717) is 24.4 Å². The standard InChI is InChI=1S/C29H29FN2O4/c1-18-16-22(19(2)32(18)26-9-7-6-8-25(26)30)17-24-27(29(34)36-5)20(3)31(28(24)33)15-14-21-10-12-23(35-4)13-11-21/h6-13,16-17H,14-15H2,1-5H3. The number of allylic oxidation sites excluding steroid dienone is 1. The predicted octanol–water partition coefficient (Wildman–Crippen LogP) is 5.16. The zero-order valence-corrected chi connectivity index (χ0v) is 21.1. The van der Waals surface area contributed by atoms with Gasteiger partial charge in [0.25, 0.3) is 5.91 Å². The molecule has 1 aromatic heterocycles. The number of ether oxygens (including phenoxy) is 2. The van der Waals surface area contributed by atoms with Crippen molar-refractivity contribution in [3.63, 3.8) is 0 Å². The third-order valence-corrected chi connectivity index (χ3v) is 6.55. The van der Waals surface area contributed by atoms with Gasteiger partial charge in [0.1, 0.15) is 11.6 Å². The van der Waals surface area contributed by atoms with Crippen molar-refractivity contribution in [2.75, 3.05) is 20.8 Å². The van der Waals surface area contributed by atoms with Crippen molar-refractivity contribution in [1.82, 2.24) is 9.47 Å². The second-order valence-electron chi connectivity index (χ2n) is 8.68. The van der Waals surface area contributed by atoms with Crippen molar-refractivity contribution in [1.29, 1.82) is 0 Å². The first kappa shape index (κ1) is 25.0. The number of hydrogen-bond acceptors (Lipinski definition) is 4. The van der Waals surface area contributed by atoms with Crippen LogP contribution in [0.5, 0.6) is 5.75 Å². The maximum Gasteiger partial charge on any atom is 0.340 e. The molecule has 7 heteroatoms. The van der Waals surface area contributed by atoms with E-state index in [9.17, 15) is 14.0 Å². The second kappa shape index (κ2) is 10.2. The number of amides is 1. The van der Waals surface area contributed by atoms with Crippen molar-refractivity contribution in [3.05, 3.63) is 99.8 Å². The number of rotatable bonds is 7. The molecule has 0 saturated carbocycles. The van der Waals surface area contributed by atoms with E-state index in [1.165, 1.54) is 13.2 Å². The van der Waals surface area contributed by atoms with Gasteiger partial charge in [0.15, 0.2) is 0 Å². The van der Waals surface area contributed by atoms with E-state index in [1.807, 2.05) is 44.2 Å². The Morgan fingerprint density at radius 1 is 1.03 bits per heavy atom. The number of carbonyl (C=O) groups excluding carboxylic acids is 2. The molecule has 0 fully saturated rings. The summed E-state index contributed by atoms with van der Waals surface area (Å²) in [5.74, 6) is -0.413. The third kappa shape index (κ3) is 4.56. The zero-order chi connectivity index (χ0) is 26.0. The summed E-state index contributed by atoms with van der Waals surface area (Å²) >= 11 is 0. The van der Waals surface area contributed by atoms with Gasteiger partial charge in [0.2, 0.25) is 0 Å². The normalized spacial score (nSPS) is 14.7. The molecule has 3 aromatic rings. The monoisotopic (exact) mass is 488 g/mol. The summed E-state index contributed by atoms with van der Waals surface area (Å²) in [6, 6.07) is 16.1. The summed E-state index contributed by atoms with van der Waals surface area (Å²) in [5, 5.41) is 0. The van der Waals surface area contributed by atoms with Crippen LogP contribution in [0.15, 0.2) is 71.4 Å². The molecule has 0 unspecified atom stereocenters. The van der Waals surface area contributed by atoms with Gasteiger partial charge in [-0.1, -0.05) is 24.3 Å². The van der Waals surface area contributed by atoms with Crippen LogP contribution in [0.4, 0.5) is 4.39 Å². The van der Waals surface area contributed by atoms with Crippen molar-refractivity contribution in [2.24, 2.45) is 0 Å². The van der Waals surface area contributed by atoms with Crippen LogP contribution >= 0.6 is 0 Å². The highest BCUT2D eigenvalue weighted by molar-refractivity contribution is 6.16. The summed E-state index contributed by atoms with van der Waals surface area (Å²) in [5.41, 5.74) is 4.83. The molecular weight excluding hydrogens is 459 g/mol. The second-order valence-corrected chi connectivity index (χ2v) is 8.68. The van der Waals surface area contributed by atoms with Gasteiger partial charge in [0, 0.05) is 23.6 Å². The van der Waals surface area contributed by atoms with Crippen LogP contribution in [0.3, 0.4) is 0 Å². The van der Waals surface area contributed by atoms with Gasteiger partial charge in [-0.3, -0.25) is 4.79 Å². The van der Waals surface area contributed by atoms with Crippen molar-refractivity contribution in [3.8, 4) is 11.4 Å². The molecule has 36 heavy (non-hydrogen) atoms. The summed E-state index contributed by atoms with van der Waals surface area (Å²) < 4.78 is 26.5. The van der Waals surface area contributed by atoms with E-state index in [-0.39, 0.29) is 22.9 Å². The Balaban J connectivity index is 1.69. The Morgan fingerprint density at radius 2 is 1.72 bits per heavy atom. The molecule has 1 aliphatic rings. The van der Waals surface area contributed by atoms with Gasteiger partial charge in [-0.05, 0) is 74.7 Å². The number of benzene rings is 2. The van der Waals surface area contributed by atoms with Gasteiger partial charge >= 0.3 is 5.97 Å². The molecule has 2 heterocycles. The average molecular weight is 489 g/mol. The molecule has 186 valence electrons. The molecule has 0 spiro atoms. The fourth-order valence-electron chi connectivity index (χ4n) is 4.62. The van der Waals surface area contributed by atoms with Crippen LogP contribution < -0.4 is 4.74 Å².